The molecule has 5 heteroatoms. The van der Waals surface area contributed by atoms with Crippen molar-refractivity contribution >= 4 is 50.5 Å². The van der Waals surface area contributed by atoms with E-state index in [2.05, 4.69) is 27.3 Å². The van der Waals surface area contributed by atoms with Crippen LogP contribution in [0.4, 0.5) is 11.4 Å². The Morgan fingerprint density at radius 3 is 2.47 bits per heavy atom. The summed E-state index contributed by atoms with van der Waals surface area (Å²) < 4.78 is 0.731. The predicted molar refractivity (Wildman–Crippen MR) is 83.3 cm³/mol. The number of hydrogen-bond acceptors (Lipinski definition) is 2. The molecule has 0 aliphatic heterocycles. The zero-order valence-corrected chi connectivity index (χ0v) is 13.1. The highest BCUT2D eigenvalue weighted by Crippen LogP contribution is 2.37. The third kappa shape index (κ3) is 3.03. The molecule has 0 heterocycles. The first-order valence-corrected chi connectivity index (χ1v) is 6.99. The minimum absolute atomic E-state index is 0.417. The van der Waals surface area contributed by atoms with E-state index in [0.717, 1.165) is 10.0 Å². The Kier molecular flexibility index (Phi) is 4.36. The summed E-state index contributed by atoms with van der Waals surface area (Å²) in [5.41, 5.74) is 2.96. The highest BCUT2D eigenvalue weighted by molar-refractivity contribution is 9.10. The lowest BCUT2D eigenvalue weighted by atomic mass is 10.1. The van der Waals surface area contributed by atoms with E-state index in [9.17, 15) is 0 Å². The molecule has 0 radical (unpaired) electrons. The molecule has 2 aromatic rings. The monoisotopic (exact) mass is 354 g/mol. The summed E-state index contributed by atoms with van der Waals surface area (Å²) in [6.45, 7) is 1.94. The Balaban J connectivity index is 2.43. The lowest BCUT2D eigenvalue weighted by Gasteiger charge is -2.12. The molecule has 19 heavy (non-hydrogen) atoms. The molecule has 0 unspecified atom stereocenters. The van der Waals surface area contributed by atoms with Crippen LogP contribution in [-0.2, 0) is 0 Å². The van der Waals surface area contributed by atoms with Crippen molar-refractivity contribution in [2.75, 3.05) is 5.32 Å². The largest absolute Gasteiger partial charge is 0.353 e. The minimum atomic E-state index is 0.417. The van der Waals surface area contributed by atoms with Gasteiger partial charge in [0.05, 0.1) is 27.0 Å². The molecule has 0 amide bonds. The molecule has 0 aliphatic rings. The number of nitrogens with one attached hydrogen (secondary N) is 1. The maximum Gasteiger partial charge on any atom is 0.101 e. The number of benzene rings is 2. The maximum absolute atomic E-state index is 9.13. The molecule has 1 N–H and O–H groups in total. The van der Waals surface area contributed by atoms with Crippen molar-refractivity contribution in [1.29, 1.82) is 5.26 Å². The van der Waals surface area contributed by atoms with Crippen molar-refractivity contribution in [1.82, 2.24) is 0 Å². The number of hydrogen-bond donors (Lipinski definition) is 1. The number of halogens is 3. The van der Waals surface area contributed by atoms with Gasteiger partial charge in [0.25, 0.3) is 0 Å². The van der Waals surface area contributed by atoms with E-state index in [1.807, 2.05) is 25.1 Å². The summed E-state index contributed by atoms with van der Waals surface area (Å²) in [6, 6.07) is 11.4. The zero-order valence-electron chi connectivity index (χ0n) is 9.97. The molecule has 0 bridgehead atoms. The van der Waals surface area contributed by atoms with E-state index in [1.54, 1.807) is 12.1 Å². The summed E-state index contributed by atoms with van der Waals surface area (Å²) >= 11 is 15.5. The van der Waals surface area contributed by atoms with E-state index >= 15 is 0 Å². The van der Waals surface area contributed by atoms with Crippen LogP contribution in [0.3, 0.4) is 0 Å². The molecular weight excluding hydrogens is 347 g/mol. The standard InChI is InChI=1S/C14H9BrCl2N2/c1-8-2-4-11(9(6-8)7-18)19-12-5-3-10(15)13(16)14(12)17/h2-6,19H,1H3. The fraction of sp³-hybridized carbons (Fsp3) is 0.0714. The van der Waals surface area contributed by atoms with Crippen molar-refractivity contribution in [2.24, 2.45) is 0 Å². The average molecular weight is 356 g/mol. The SMILES string of the molecule is Cc1ccc(Nc2ccc(Br)c(Cl)c2Cl)c(C#N)c1. The van der Waals surface area contributed by atoms with Crippen LogP contribution in [0, 0.1) is 18.3 Å². The van der Waals surface area contributed by atoms with Gasteiger partial charge in [-0.1, -0.05) is 29.3 Å². The first kappa shape index (κ1) is 14.2. The van der Waals surface area contributed by atoms with Gasteiger partial charge in [0.15, 0.2) is 0 Å². The molecule has 0 saturated heterocycles. The van der Waals surface area contributed by atoms with Crippen molar-refractivity contribution in [2.45, 2.75) is 6.92 Å². The first-order chi connectivity index (χ1) is 9.02. The number of rotatable bonds is 2. The van der Waals surface area contributed by atoms with E-state index in [1.165, 1.54) is 0 Å². The molecule has 2 rings (SSSR count). The highest BCUT2D eigenvalue weighted by atomic mass is 79.9. The number of nitrogens with zero attached hydrogens (tertiary/aromatic N) is 1. The summed E-state index contributed by atoms with van der Waals surface area (Å²) in [7, 11) is 0. The van der Waals surface area contributed by atoms with E-state index in [4.69, 9.17) is 28.5 Å². The van der Waals surface area contributed by atoms with Crippen LogP contribution in [0.15, 0.2) is 34.8 Å². The Bertz CT molecular complexity index is 678. The predicted octanol–water partition coefficient (Wildman–Crippen LogP) is 5.68. The van der Waals surface area contributed by atoms with Crippen molar-refractivity contribution in [3.8, 4) is 6.07 Å². The molecule has 2 nitrogen and oxygen atoms in total. The zero-order chi connectivity index (χ0) is 14.0. The first-order valence-electron chi connectivity index (χ1n) is 5.44. The van der Waals surface area contributed by atoms with Gasteiger partial charge in [0, 0.05) is 4.47 Å². The van der Waals surface area contributed by atoms with Gasteiger partial charge in [0.1, 0.15) is 6.07 Å². The Hall–Kier alpha value is -1.21. The molecule has 0 atom stereocenters. The molecule has 0 aliphatic carbocycles. The second kappa shape index (κ2) is 5.83. The highest BCUT2D eigenvalue weighted by Gasteiger charge is 2.10. The van der Waals surface area contributed by atoms with Crippen molar-refractivity contribution in [3.05, 3.63) is 56.0 Å². The van der Waals surface area contributed by atoms with Crippen molar-refractivity contribution in [3.63, 3.8) is 0 Å². The quantitative estimate of drug-likeness (QED) is 0.703. The summed E-state index contributed by atoms with van der Waals surface area (Å²) in [5, 5.41) is 13.1. The number of nitriles is 1. The smallest absolute Gasteiger partial charge is 0.101 e. The van der Waals surface area contributed by atoms with Crippen LogP contribution >= 0.6 is 39.1 Å². The van der Waals surface area contributed by atoms with Gasteiger partial charge in [-0.2, -0.15) is 5.26 Å². The number of anilines is 2. The van der Waals surface area contributed by atoms with Gasteiger partial charge >= 0.3 is 0 Å². The molecule has 0 aromatic heterocycles. The van der Waals surface area contributed by atoms with Gasteiger partial charge in [-0.15, -0.1) is 0 Å². The normalized spacial score (nSPS) is 10.1. The molecule has 96 valence electrons. The van der Waals surface area contributed by atoms with Gasteiger partial charge in [-0.05, 0) is 52.7 Å². The summed E-state index contributed by atoms with van der Waals surface area (Å²) in [4.78, 5) is 0. The third-order valence-corrected chi connectivity index (χ3v) is 4.37. The van der Waals surface area contributed by atoms with Gasteiger partial charge < -0.3 is 5.32 Å². The van der Waals surface area contributed by atoms with E-state index < -0.39 is 0 Å². The Morgan fingerprint density at radius 2 is 1.79 bits per heavy atom. The molecule has 0 fully saturated rings. The summed E-state index contributed by atoms with van der Waals surface area (Å²) in [5.74, 6) is 0. The number of aryl methyl sites for hydroxylation is 1. The van der Waals surface area contributed by atoms with Crippen LogP contribution in [0.2, 0.25) is 10.0 Å². The average Bonchev–Trinajstić information content (AvgIpc) is 2.41. The summed E-state index contributed by atoms with van der Waals surface area (Å²) in [6.07, 6.45) is 0. The third-order valence-electron chi connectivity index (χ3n) is 2.60. The molecular formula is C14H9BrCl2N2. The molecule has 0 saturated carbocycles. The van der Waals surface area contributed by atoms with Gasteiger partial charge in [-0.25, -0.2) is 0 Å². The van der Waals surface area contributed by atoms with Crippen LogP contribution in [0.5, 0.6) is 0 Å². The van der Waals surface area contributed by atoms with E-state index in [0.29, 0.717) is 27.0 Å². The van der Waals surface area contributed by atoms with Crippen LogP contribution in [0.25, 0.3) is 0 Å². The topological polar surface area (TPSA) is 35.8 Å². The van der Waals surface area contributed by atoms with Crippen LogP contribution < -0.4 is 5.32 Å². The fourth-order valence-corrected chi connectivity index (χ4v) is 2.45. The van der Waals surface area contributed by atoms with Crippen molar-refractivity contribution < 1.29 is 0 Å². The van der Waals surface area contributed by atoms with Gasteiger partial charge in [-0.3, -0.25) is 0 Å². The van der Waals surface area contributed by atoms with Crippen LogP contribution in [0.1, 0.15) is 11.1 Å². The van der Waals surface area contributed by atoms with E-state index in [-0.39, 0.29) is 0 Å². The molecule has 0 spiro atoms. The lowest BCUT2D eigenvalue weighted by molar-refractivity contribution is 1.40. The second-order valence-electron chi connectivity index (χ2n) is 4.01. The molecule has 2 aromatic carbocycles. The van der Waals surface area contributed by atoms with Gasteiger partial charge in [0.2, 0.25) is 0 Å². The lowest BCUT2D eigenvalue weighted by Crippen LogP contribution is -1.95. The Labute approximate surface area is 130 Å². The maximum atomic E-state index is 9.13. The fourth-order valence-electron chi connectivity index (χ4n) is 1.63. The minimum Gasteiger partial charge on any atom is -0.353 e. The Morgan fingerprint density at radius 1 is 1.11 bits per heavy atom. The van der Waals surface area contributed by atoms with Crippen LogP contribution in [-0.4, -0.2) is 0 Å². The second-order valence-corrected chi connectivity index (χ2v) is 5.62.